The van der Waals surface area contributed by atoms with Gasteiger partial charge in [-0.15, -0.1) is 0 Å². The Balaban J connectivity index is 1.92. The molecule has 1 aliphatic rings. The van der Waals surface area contributed by atoms with Crippen LogP contribution in [0.1, 0.15) is 19.3 Å². The van der Waals surface area contributed by atoms with Gasteiger partial charge < -0.3 is 25.1 Å². The Kier molecular flexibility index (Phi) is 6.99. The number of methoxy groups -OCH3 is 1. The van der Waals surface area contributed by atoms with Crippen molar-refractivity contribution in [3.8, 4) is 0 Å². The number of aliphatic hydroxyl groups excluding tert-OH is 1. The largest absolute Gasteiger partial charge is 0.394 e. The molecule has 1 atom stereocenters. The van der Waals surface area contributed by atoms with Crippen LogP contribution in [0.25, 0.3) is 0 Å². The Bertz CT molecular complexity index is 199. The number of aliphatic hydroxyl groups is 1. The smallest absolute Gasteiger partial charge is 0.0700 e. The van der Waals surface area contributed by atoms with Crippen molar-refractivity contribution in [2.75, 3.05) is 46.8 Å². The van der Waals surface area contributed by atoms with Crippen LogP contribution in [0.5, 0.6) is 0 Å². The summed E-state index contributed by atoms with van der Waals surface area (Å²) >= 11 is 0. The van der Waals surface area contributed by atoms with Gasteiger partial charge >= 0.3 is 0 Å². The highest BCUT2D eigenvalue weighted by Gasteiger charge is 2.41. The average molecular weight is 247 g/mol. The molecule has 0 aromatic heterocycles. The lowest BCUT2D eigenvalue weighted by atomic mass is 9.97. The SMILES string of the molecule is COCCOCCCOCC(N)(CO)C1CC1. The zero-order valence-corrected chi connectivity index (χ0v) is 10.7. The lowest BCUT2D eigenvalue weighted by molar-refractivity contribution is 0.0236. The third-order valence-electron chi connectivity index (χ3n) is 3.06. The summed E-state index contributed by atoms with van der Waals surface area (Å²) in [5, 5.41) is 9.25. The normalized spacial score (nSPS) is 19.2. The molecule has 0 aromatic carbocycles. The second kappa shape index (κ2) is 8.00. The van der Waals surface area contributed by atoms with Crippen LogP contribution in [-0.2, 0) is 14.2 Å². The fraction of sp³-hybridized carbons (Fsp3) is 1.00. The molecule has 0 amide bonds. The number of nitrogens with two attached hydrogens (primary N) is 1. The third kappa shape index (κ3) is 5.79. The van der Waals surface area contributed by atoms with E-state index in [1.165, 1.54) is 0 Å². The molecule has 1 unspecified atom stereocenters. The predicted molar refractivity (Wildman–Crippen MR) is 64.9 cm³/mol. The molecule has 1 rings (SSSR count). The molecule has 1 saturated carbocycles. The molecular formula is C12H25NO4. The first-order valence-electron chi connectivity index (χ1n) is 6.27. The molecule has 0 heterocycles. The van der Waals surface area contributed by atoms with Crippen molar-refractivity contribution in [3.05, 3.63) is 0 Å². The van der Waals surface area contributed by atoms with Gasteiger partial charge in [0.1, 0.15) is 0 Å². The molecule has 102 valence electrons. The lowest BCUT2D eigenvalue weighted by Crippen LogP contribution is -2.50. The minimum absolute atomic E-state index is 0.00199. The number of hydrogen-bond donors (Lipinski definition) is 2. The van der Waals surface area contributed by atoms with Gasteiger partial charge in [0.25, 0.3) is 0 Å². The molecule has 1 fully saturated rings. The zero-order chi connectivity index (χ0) is 12.6. The van der Waals surface area contributed by atoms with Gasteiger partial charge in [-0.3, -0.25) is 0 Å². The van der Waals surface area contributed by atoms with Crippen molar-refractivity contribution in [1.82, 2.24) is 0 Å². The Morgan fingerprint density at radius 2 is 1.88 bits per heavy atom. The monoisotopic (exact) mass is 247 g/mol. The quantitative estimate of drug-likeness (QED) is 0.509. The van der Waals surface area contributed by atoms with Gasteiger partial charge in [-0.1, -0.05) is 0 Å². The van der Waals surface area contributed by atoms with Gasteiger partial charge in [-0.05, 0) is 25.2 Å². The van der Waals surface area contributed by atoms with Crippen molar-refractivity contribution < 1.29 is 19.3 Å². The summed E-state index contributed by atoms with van der Waals surface area (Å²) in [5.74, 6) is 0.436. The molecule has 0 bridgehead atoms. The van der Waals surface area contributed by atoms with E-state index in [-0.39, 0.29) is 6.61 Å². The summed E-state index contributed by atoms with van der Waals surface area (Å²) in [6, 6.07) is 0. The highest BCUT2D eigenvalue weighted by molar-refractivity contribution is 4.98. The summed E-state index contributed by atoms with van der Waals surface area (Å²) in [5.41, 5.74) is 5.53. The van der Waals surface area contributed by atoms with Crippen molar-refractivity contribution in [1.29, 1.82) is 0 Å². The fourth-order valence-electron chi connectivity index (χ4n) is 1.72. The lowest BCUT2D eigenvalue weighted by Gasteiger charge is -2.26. The van der Waals surface area contributed by atoms with Gasteiger partial charge in [0.05, 0.1) is 32.0 Å². The first-order valence-corrected chi connectivity index (χ1v) is 6.27. The Morgan fingerprint density at radius 1 is 1.18 bits per heavy atom. The van der Waals surface area contributed by atoms with E-state index in [0.29, 0.717) is 39.0 Å². The van der Waals surface area contributed by atoms with Crippen LogP contribution in [0.3, 0.4) is 0 Å². The standard InChI is InChI=1S/C12H25NO4/c1-15-7-8-16-5-2-6-17-10-12(13,9-14)11-3-4-11/h11,14H,2-10,13H2,1H3. The molecule has 3 N–H and O–H groups in total. The van der Waals surface area contributed by atoms with Crippen LogP contribution >= 0.6 is 0 Å². The minimum atomic E-state index is -0.531. The number of ether oxygens (including phenoxy) is 3. The van der Waals surface area contributed by atoms with Crippen molar-refractivity contribution >= 4 is 0 Å². The van der Waals surface area contributed by atoms with E-state index < -0.39 is 5.54 Å². The second-order valence-electron chi connectivity index (χ2n) is 4.68. The van der Waals surface area contributed by atoms with Gasteiger partial charge in [-0.25, -0.2) is 0 Å². The number of hydrogen-bond acceptors (Lipinski definition) is 5. The topological polar surface area (TPSA) is 73.9 Å². The van der Waals surface area contributed by atoms with Crippen LogP contribution in [0.4, 0.5) is 0 Å². The van der Waals surface area contributed by atoms with Gasteiger partial charge in [0.15, 0.2) is 0 Å². The van der Waals surface area contributed by atoms with E-state index in [1.807, 2.05) is 0 Å². The summed E-state index contributed by atoms with van der Waals surface area (Å²) in [7, 11) is 1.65. The Labute approximate surface area is 103 Å². The van der Waals surface area contributed by atoms with E-state index in [2.05, 4.69) is 0 Å². The van der Waals surface area contributed by atoms with Crippen molar-refractivity contribution in [3.63, 3.8) is 0 Å². The van der Waals surface area contributed by atoms with Crippen LogP contribution in [0.2, 0.25) is 0 Å². The van der Waals surface area contributed by atoms with Crippen molar-refractivity contribution in [2.45, 2.75) is 24.8 Å². The molecule has 5 nitrogen and oxygen atoms in total. The molecule has 0 radical (unpaired) electrons. The highest BCUT2D eigenvalue weighted by atomic mass is 16.5. The molecule has 0 spiro atoms. The molecule has 0 aliphatic heterocycles. The first-order chi connectivity index (χ1) is 8.23. The second-order valence-corrected chi connectivity index (χ2v) is 4.68. The molecule has 0 aromatic rings. The van der Waals surface area contributed by atoms with E-state index in [1.54, 1.807) is 7.11 Å². The first kappa shape index (κ1) is 14.9. The van der Waals surface area contributed by atoms with Gasteiger partial charge in [0.2, 0.25) is 0 Å². The van der Waals surface area contributed by atoms with Crippen molar-refractivity contribution in [2.24, 2.45) is 11.7 Å². The van der Waals surface area contributed by atoms with Crippen LogP contribution in [0.15, 0.2) is 0 Å². The summed E-state index contributed by atoms with van der Waals surface area (Å²) < 4.78 is 15.7. The number of rotatable bonds is 11. The third-order valence-corrected chi connectivity index (χ3v) is 3.06. The fourth-order valence-corrected chi connectivity index (χ4v) is 1.72. The Hall–Kier alpha value is -0.200. The predicted octanol–water partition coefficient (Wildman–Crippen LogP) is 0.156. The summed E-state index contributed by atoms with van der Waals surface area (Å²) in [6.45, 7) is 2.98. The molecular weight excluding hydrogens is 222 g/mol. The van der Waals surface area contributed by atoms with E-state index in [9.17, 15) is 5.11 Å². The molecule has 5 heteroatoms. The molecule has 17 heavy (non-hydrogen) atoms. The van der Waals surface area contributed by atoms with Crippen LogP contribution in [0, 0.1) is 5.92 Å². The average Bonchev–Trinajstić information content (AvgIpc) is 3.16. The summed E-state index contributed by atoms with van der Waals surface area (Å²) in [4.78, 5) is 0. The maximum absolute atomic E-state index is 9.25. The van der Waals surface area contributed by atoms with E-state index in [0.717, 1.165) is 19.3 Å². The molecule has 1 aliphatic carbocycles. The minimum Gasteiger partial charge on any atom is -0.394 e. The van der Waals surface area contributed by atoms with E-state index >= 15 is 0 Å². The highest BCUT2D eigenvalue weighted by Crippen LogP contribution is 2.38. The zero-order valence-electron chi connectivity index (χ0n) is 10.7. The van der Waals surface area contributed by atoms with Crippen LogP contribution < -0.4 is 5.73 Å². The van der Waals surface area contributed by atoms with Crippen LogP contribution in [-0.4, -0.2) is 57.4 Å². The maximum Gasteiger partial charge on any atom is 0.0700 e. The summed E-state index contributed by atoms with van der Waals surface area (Å²) in [6.07, 6.45) is 3.07. The molecule has 0 saturated heterocycles. The van der Waals surface area contributed by atoms with Gasteiger partial charge in [-0.2, -0.15) is 0 Å². The Morgan fingerprint density at radius 3 is 2.47 bits per heavy atom. The maximum atomic E-state index is 9.25. The van der Waals surface area contributed by atoms with Gasteiger partial charge in [0, 0.05) is 20.3 Å². The van der Waals surface area contributed by atoms with E-state index in [4.69, 9.17) is 19.9 Å².